The second-order valence-electron chi connectivity index (χ2n) is 5.57. The first kappa shape index (κ1) is 20.3. The number of ether oxygens (including phenoxy) is 1. The van der Waals surface area contributed by atoms with Gasteiger partial charge in [0.25, 0.3) is 0 Å². The molecule has 138 valence electrons. The van der Waals surface area contributed by atoms with Gasteiger partial charge in [-0.1, -0.05) is 54.1 Å². The van der Waals surface area contributed by atoms with E-state index in [1.807, 2.05) is 54.6 Å². The van der Waals surface area contributed by atoms with Crippen LogP contribution in [0.25, 0.3) is 0 Å². The van der Waals surface area contributed by atoms with E-state index in [1.165, 1.54) is 18.9 Å². The maximum Gasteiger partial charge on any atom is 0.328 e. The van der Waals surface area contributed by atoms with Crippen molar-refractivity contribution >= 4 is 35.2 Å². The summed E-state index contributed by atoms with van der Waals surface area (Å²) in [7, 11) is 1.39. The summed E-state index contributed by atoms with van der Waals surface area (Å²) in [6, 6.07) is 16.2. The first-order valence-corrected chi connectivity index (χ1v) is 9.37. The lowest BCUT2D eigenvalue weighted by atomic mass is 10.0. The topological polar surface area (TPSA) is 75.6 Å². The van der Waals surface area contributed by atoms with Crippen LogP contribution in [-0.4, -0.2) is 42.5 Å². The van der Waals surface area contributed by atoms with Crippen molar-refractivity contribution < 1.29 is 19.4 Å². The predicted octanol–water partition coefficient (Wildman–Crippen LogP) is 3.38. The van der Waals surface area contributed by atoms with Gasteiger partial charge in [0.1, 0.15) is 0 Å². The SMILES string of the molecule is COCC(NC(=O)CSC(c1ccccc1)c1ccc(Cl)cc1)C(=O)O. The molecule has 0 aliphatic heterocycles. The number of hydrogen-bond donors (Lipinski definition) is 2. The zero-order chi connectivity index (χ0) is 18.9. The third-order valence-corrected chi connectivity index (χ3v) is 5.18. The predicted molar refractivity (Wildman–Crippen MR) is 104 cm³/mol. The van der Waals surface area contributed by atoms with Crippen LogP contribution in [0.3, 0.4) is 0 Å². The Morgan fingerprint density at radius 3 is 2.31 bits per heavy atom. The van der Waals surface area contributed by atoms with Crippen molar-refractivity contribution in [3.8, 4) is 0 Å². The molecule has 0 saturated carbocycles. The number of methoxy groups -OCH3 is 1. The molecule has 2 aromatic carbocycles. The summed E-state index contributed by atoms with van der Waals surface area (Å²) in [5.41, 5.74) is 2.07. The number of hydrogen-bond acceptors (Lipinski definition) is 4. The van der Waals surface area contributed by atoms with Crippen LogP contribution in [0.15, 0.2) is 54.6 Å². The third kappa shape index (κ3) is 6.05. The Morgan fingerprint density at radius 1 is 1.12 bits per heavy atom. The Morgan fingerprint density at radius 2 is 1.73 bits per heavy atom. The van der Waals surface area contributed by atoms with Crippen LogP contribution < -0.4 is 5.32 Å². The summed E-state index contributed by atoms with van der Waals surface area (Å²) in [5, 5.41) is 12.2. The van der Waals surface area contributed by atoms with E-state index in [4.69, 9.17) is 21.4 Å². The highest BCUT2D eigenvalue weighted by atomic mass is 35.5. The van der Waals surface area contributed by atoms with Crippen molar-refractivity contribution in [2.24, 2.45) is 0 Å². The lowest BCUT2D eigenvalue weighted by Crippen LogP contribution is -2.44. The number of carbonyl (C=O) groups excluding carboxylic acids is 1. The van der Waals surface area contributed by atoms with E-state index >= 15 is 0 Å². The van der Waals surface area contributed by atoms with E-state index in [1.54, 1.807) is 0 Å². The highest BCUT2D eigenvalue weighted by Gasteiger charge is 2.21. The molecule has 0 bridgehead atoms. The molecule has 0 fully saturated rings. The smallest absolute Gasteiger partial charge is 0.328 e. The van der Waals surface area contributed by atoms with E-state index < -0.39 is 12.0 Å². The number of halogens is 1. The summed E-state index contributed by atoms with van der Waals surface area (Å²) in [6.45, 7) is -0.0783. The Bertz CT molecular complexity index is 724. The zero-order valence-corrected chi connectivity index (χ0v) is 15.8. The summed E-state index contributed by atoms with van der Waals surface area (Å²) < 4.78 is 4.83. The monoisotopic (exact) mass is 393 g/mol. The molecule has 0 radical (unpaired) electrons. The normalized spacial score (nSPS) is 13.0. The second-order valence-corrected chi connectivity index (χ2v) is 7.10. The molecule has 26 heavy (non-hydrogen) atoms. The first-order chi connectivity index (χ1) is 12.5. The lowest BCUT2D eigenvalue weighted by molar-refractivity contribution is -0.142. The number of rotatable bonds is 9. The summed E-state index contributed by atoms with van der Waals surface area (Å²) in [4.78, 5) is 23.3. The number of carboxylic acids is 1. The van der Waals surface area contributed by atoms with Crippen LogP contribution in [0, 0.1) is 0 Å². The fourth-order valence-electron chi connectivity index (χ4n) is 2.39. The molecule has 2 unspecified atom stereocenters. The Kier molecular flexibility index (Phi) is 7.97. The molecule has 2 N–H and O–H groups in total. The lowest BCUT2D eigenvalue weighted by Gasteiger charge is -2.19. The average molecular weight is 394 g/mol. The van der Waals surface area contributed by atoms with Gasteiger partial charge in [-0.05, 0) is 23.3 Å². The minimum absolute atomic E-state index is 0.0649. The average Bonchev–Trinajstić information content (AvgIpc) is 2.64. The molecular formula is C19H20ClNO4S. The maximum atomic E-state index is 12.2. The van der Waals surface area contributed by atoms with Crippen LogP contribution in [0.1, 0.15) is 16.4 Å². The standard InChI is InChI=1S/C19H20ClNO4S/c1-25-11-16(19(23)24)21-17(22)12-26-18(13-5-3-2-4-6-13)14-7-9-15(20)10-8-14/h2-10,16,18H,11-12H2,1H3,(H,21,22)(H,23,24). The molecule has 0 spiro atoms. The Labute approximate surface area is 161 Å². The molecule has 0 aliphatic rings. The van der Waals surface area contributed by atoms with Crippen LogP contribution in [0.2, 0.25) is 5.02 Å². The van der Waals surface area contributed by atoms with Gasteiger partial charge in [0.2, 0.25) is 5.91 Å². The van der Waals surface area contributed by atoms with Gasteiger partial charge in [-0.2, -0.15) is 0 Å². The molecule has 0 aliphatic carbocycles. The molecule has 2 rings (SSSR count). The van der Waals surface area contributed by atoms with Crippen molar-refractivity contribution in [2.45, 2.75) is 11.3 Å². The minimum Gasteiger partial charge on any atom is -0.480 e. The van der Waals surface area contributed by atoms with Crippen LogP contribution >= 0.6 is 23.4 Å². The zero-order valence-electron chi connectivity index (χ0n) is 14.2. The van der Waals surface area contributed by atoms with Crippen molar-refractivity contribution in [2.75, 3.05) is 19.5 Å². The van der Waals surface area contributed by atoms with Crippen molar-refractivity contribution in [1.29, 1.82) is 0 Å². The number of amides is 1. The van der Waals surface area contributed by atoms with Crippen LogP contribution in [0.5, 0.6) is 0 Å². The molecule has 1 amide bonds. The molecule has 2 atom stereocenters. The van der Waals surface area contributed by atoms with E-state index in [-0.39, 0.29) is 23.5 Å². The molecule has 0 aromatic heterocycles. The van der Waals surface area contributed by atoms with Crippen molar-refractivity contribution in [3.05, 3.63) is 70.7 Å². The van der Waals surface area contributed by atoms with E-state index in [2.05, 4.69) is 5.32 Å². The molecule has 2 aromatic rings. The molecule has 0 heterocycles. The van der Waals surface area contributed by atoms with Gasteiger partial charge in [0.15, 0.2) is 6.04 Å². The van der Waals surface area contributed by atoms with Gasteiger partial charge in [0, 0.05) is 12.1 Å². The van der Waals surface area contributed by atoms with Crippen LogP contribution in [-0.2, 0) is 14.3 Å². The summed E-state index contributed by atoms with van der Waals surface area (Å²) in [6.07, 6.45) is 0. The van der Waals surface area contributed by atoms with Crippen molar-refractivity contribution in [3.63, 3.8) is 0 Å². The third-order valence-electron chi connectivity index (χ3n) is 3.62. The number of carbonyl (C=O) groups is 2. The van der Waals surface area contributed by atoms with E-state index in [0.717, 1.165) is 11.1 Å². The number of thioether (sulfide) groups is 1. The highest BCUT2D eigenvalue weighted by Crippen LogP contribution is 2.35. The fourth-order valence-corrected chi connectivity index (χ4v) is 3.61. The maximum absolute atomic E-state index is 12.2. The van der Waals surface area contributed by atoms with E-state index in [9.17, 15) is 9.59 Å². The van der Waals surface area contributed by atoms with Gasteiger partial charge >= 0.3 is 5.97 Å². The number of benzene rings is 2. The molecular weight excluding hydrogens is 374 g/mol. The first-order valence-electron chi connectivity index (χ1n) is 7.94. The number of carboxylic acid groups (broad SMARTS) is 1. The number of nitrogens with one attached hydrogen (secondary N) is 1. The second kappa shape index (κ2) is 10.2. The fraction of sp³-hybridized carbons (Fsp3) is 0.263. The van der Waals surface area contributed by atoms with Gasteiger partial charge < -0.3 is 15.2 Å². The largest absolute Gasteiger partial charge is 0.480 e. The Hall–Kier alpha value is -2.02. The minimum atomic E-state index is -1.12. The van der Waals surface area contributed by atoms with Gasteiger partial charge in [-0.15, -0.1) is 11.8 Å². The number of aliphatic carboxylic acids is 1. The van der Waals surface area contributed by atoms with E-state index in [0.29, 0.717) is 5.02 Å². The van der Waals surface area contributed by atoms with Crippen LogP contribution in [0.4, 0.5) is 0 Å². The van der Waals surface area contributed by atoms with Gasteiger partial charge in [0.05, 0.1) is 17.6 Å². The molecule has 5 nitrogen and oxygen atoms in total. The van der Waals surface area contributed by atoms with Crippen molar-refractivity contribution in [1.82, 2.24) is 5.32 Å². The highest BCUT2D eigenvalue weighted by molar-refractivity contribution is 8.00. The van der Waals surface area contributed by atoms with Gasteiger partial charge in [-0.25, -0.2) is 4.79 Å². The van der Waals surface area contributed by atoms with Gasteiger partial charge in [-0.3, -0.25) is 4.79 Å². The Balaban J connectivity index is 2.09. The molecule has 7 heteroatoms. The summed E-state index contributed by atoms with van der Waals surface area (Å²) in [5.74, 6) is -1.35. The summed E-state index contributed by atoms with van der Waals surface area (Å²) >= 11 is 7.39. The molecule has 0 saturated heterocycles. The quantitative estimate of drug-likeness (QED) is 0.683.